The van der Waals surface area contributed by atoms with Gasteiger partial charge in [0.25, 0.3) is 0 Å². The van der Waals surface area contributed by atoms with Crippen LogP contribution in [0.1, 0.15) is 31.7 Å². The van der Waals surface area contributed by atoms with Gasteiger partial charge in [-0.15, -0.1) is 0 Å². The first kappa shape index (κ1) is 19.7. The van der Waals surface area contributed by atoms with Crippen molar-refractivity contribution in [1.29, 1.82) is 5.41 Å². The van der Waals surface area contributed by atoms with Gasteiger partial charge in [-0.05, 0) is 47.1 Å². The molecule has 138 valence electrons. The summed E-state index contributed by atoms with van der Waals surface area (Å²) in [6.07, 6.45) is 3.32. The highest BCUT2D eigenvalue weighted by Crippen LogP contribution is 2.26. The van der Waals surface area contributed by atoms with Gasteiger partial charge in [-0.3, -0.25) is 0 Å². The van der Waals surface area contributed by atoms with Crippen molar-refractivity contribution in [1.82, 2.24) is 0 Å². The van der Waals surface area contributed by atoms with Gasteiger partial charge in [-0.1, -0.05) is 44.2 Å². The molecule has 26 heavy (non-hydrogen) atoms. The zero-order valence-electron chi connectivity index (χ0n) is 14.8. The highest BCUT2D eigenvalue weighted by atomic mass is 32.2. The first-order valence-electron chi connectivity index (χ1n) is 8.16. The van der Waals surface area contributed by atoms with Crippen LogP contribution in [-0.2, 0) is 14.8 Å². The Hall–Kier alpha value is -2.67. The number of rotatable bonds is 7. The summed E-state index contributed by atoms with van der Waals surface area (Å²) in [6, 6.07) is 10.1. The number of sulfonamides is 1. The molecule has 6 nitrogen and oxygen atoms in total. The van der Waals surface area contributed by atoms with Crippen molar-refractivity contribution >= 4 is 32.6 Å². The molecule has 2 aromatic carbocycles. The average Bonchev–Trinajstić information content (AvgIpc) is 2.57. The van der Waals surface area contributed by atoms with Crippen LogP contribution < -0.4 is 4.74 Å². The number of carbonyl (C=O) groups is 1. The molecule has 0 atom stereocenters. The van der Waals surface area contributed by atoms with E-state index in [-0.39, 0.29) is 5.84 Å². The zero-order valence-corrected chi connectivity index (χ0v) is 15.6. The van der Waals surface area contributed by atoms with Crippen LogP contribution in [0.2, 0.25) is 0 Å². The lowest BCUT2D eigenvalue weighted by Crippen LogP contribution is -2.10. The van der Waals surface area contributed by atoms with Crippen molar-refractivity contribution in [3.63, 3.8) is 0 Å². The molecule has 0 spiro atoms. The summed E-state index contributed by atoms with van der Waals surface area (Å²) in [5, 5.41) is 9.31. The topological polar surface area (TPSA) is 98.4 Å². The van der Waals surface area contributed by atoms with Crippen molar-refractivity contribution in [3.8, 4) is 5.75 Å². The minimum atomic E-state index is -3.69. The summed E-state index contributed by atoms with van der Waals surface area (Å²) >= 11 is 0. The van der Waals surface area contributed by atoms with Crippen molar-refractivity contribution in [3.05, 3.63) is 58.8 Å². The Morgan fingerprint density at radius 1 is 1.27 bits per heavy atom. The second-order valence-electron chi connectivity index (χ2n) is 5.96. The van der Waals surface area contributed by atoms with Gasteiger partial charge < -0.3 is 14.9 Å². The van der Waals surface area contributed by atoms with E-state index in [4.69, 9.17) is 10.1 Å². The van der Waals surface area contributed by atoms with Gasteiger partial charge in [0.2, 0.25) is 0 Å². The second-order valence-corrected chi connectivity index (χ2v) is 7.61. The lowest BCUT2D eigenvalue weighted by molar-refractivity contribution is -0.130. The monoisotopic (exact) mass is 373 g/mol. The number of benzene rings is 2. The van der Waals surface area contributed by atoms with E-state index in [9.17, 15) is 13.2 Å². The van der Waals surface area contributed by atoms with Gasteiger partial charge in [-0.25, -0.2) is 13.2 Å². The molecule has 1 N–H and O–H groups in total. The van der Waals surface area contributed by atoms with Crippen molar-refractivity contribution in [2.24, 2.45) is 0 Å². The summed E-state index contributed by atoms with van der Waals surface area (Å²) < 4.78 is 31.5. The minimum absolute atomic E-state index is 0.305. The summed E-state index contributed by atoms with van der Waals surface area (Å²) in [5.41, 5.74) is 0.746. The van der Waals surface area contributed by atoms with Gasteiger partial charge >= 0.3 is 5.97 Å². The zero-order chi connectivity index (χ0) is 19.3. The molecular formula is C19H21N2O4S-. The van der Waals surface area contributed by atoms with Gasteiger partial charge in [0.1, 0.15) is 5.75 Å². The maximum absolute atomic E-state index is 12.1. The first-order chi connectivity index (χ1) is 12.2. The number of fused-ring (bicyclic) bond motifs is 1. The van der Waals surface area contributed by atoms with Crippen LogP contribution >= 0.6 is 0 Å². The Morgan fingerprint density at radius 3 is 2.65 bits per heavy atom. The molecule has 0 fully saturated rings. The fourth-order valence-corrected chi connectivity index (χ4v) is 2.84. The molecule has 0 amide bonds. The predicted molar refractivity (Wildman–Crippen MR) is 103 cm³/mol. The number of carbonyl (C=O) groups excluding carboxylic acids is 1. The number of nitrogens with zero attached hydrogens (tertiary/aromatic N) is 1. The van der Waals surface area contributed by atoms with Crippen LogP contribution in [0.5, 0.6) is 5.75 Å². The number of hydrogen-bond acceptors (Lipinski definition) is 5. The molecule has 7 heteroatoms. The molecule has 0 unspecified atom stereocenters. The Kier molecular flexibility index (Phi) is 6.15. The van der Waals surface area contributed by atoms with Crippen LogP contribution in [0.15, 0.2) is 48.6 Å². The van der Waals surface area contributed by atoms with E-state index in [0.717, 1.165) is 24.5 Å². The quantitative estimate of drug-likeness (QED) is 0.259. The van der Waals surface area contributed by atoms with Crippen molar-refractivity contribution in [2.45, 2.75) is 26.2 Å². The molecule has 0 heterocycles. The van der Waals surface area contributed by atoms with E-state index >= 15 is 0 Å². The van der Waals surface area contributed by atoms with E-state index in [2.05, 4.69) is 11.3 Å². The van der Waals surface area contributed by atoms with E-state index in [1.807, 2.05) is 13.0 Å². The number of ether oxygens (including phenoxy) is 1. The standard InChI is InChI=1S/C19H21N2O4S/c1-4-5-7-13(2)19(22)25-15-11-10-14-8-6-9-16(17(14)12-15)18(20)21-26(3,23)24/h6,8-12H,2,4-5,7H2,1,3H3,(H-,20,21)/q-1. The third-order valence-corrected chi connectivity index (χ3v) is 4.21. The number of hydrogen-bond donors (Lipinski definition) is 1. The van der Waals surface area contributed by atoms with Crippen molar-refractivity contribution < 1.29 is 17.9 Å². The molecule has 2 rings (SSSR count). The number of nitrogens with one attached hydrogen (secondary N) is 1. The first-order valence-corrected chi connectivity index (χ1v) is 10.0. The van der Waals surface area contributed by atoms with Crippen LogP contribution in [0, 0.1) is 5.41 Å². The molecule has 0 aliphatic heterocycles. The lowest BCUT2D eigenvalue weighted by atomic mass is 10.0. The van der Waals surface area contributed by atoms with Crippen LogP contribution in [0.25, 0.3) is 15.5 Å². The molecule has 0 aliphatic rings. The number of unbranched alkanes of at least 4 members (excludes halogenated alkanes) is 1. The SMILES string of the molecule is C=C(CCCC)C(=O)Oc1ccc2cccc(C(=N)[N-]S(C)(=O)=O)c2c1. The second kappa shape index (κ2) is 8.14. The summed E-state index contributed by atoms with van der Waals surface area (Å²) in [4.78, 5) is 12.1. The average molecular weight is 373 g/mol. The maximum Gasteiger partial charge on any atom is 0.338 e. The highest BCUT2D eigenvalue weighted by Gasteiger charge is 2.11. The Morgan fingerprint density at radius 2 is 2.00 bits per heavy atom. The molecule has 2 aromatic rings. The van der Waals surface area contributed by atoms with Gasteiger partial charge in [0.15, 0.2) is 10.0 Å². The smallest absolute Gasteiger partial charge is 0.338 e. The summed E-state index contributed by atoms with van der Waals surface area (Å²) in [6.45, 7) is 5.77. The van der Waals surface area contributed by atoms with E-state index < -0.39 is 16.0 Å². The van der Waals surface area contributed by atoms with E-state index in [0.29, 0.717) is 28.7 Å². The van der Waals surface area contributed by atoms with E-state index in [1.54, 1.807) is 30.3 Å². The maximum atomic E-state index is 12.1. The molecule has 0 aliphatic carbocycles. The van der Waals surface area contributed by atoms with Gasteiger partial charge in [0.05, 0.1) is 0 Å². The van der Waals surface area contributed by atoms with Crippen LogP contribution in [0.3, 0.4) is 0 Å². The third kappa shape index (κ3) is 5.16. The van der Waals surface area contributed by atoms with Gasteiger partial charge in [-0.2, -0.15) is 0 Å². The number of esters is 1. The van der Waals surface area contributed by atoms with E-state index in [1.165, 1.54) is 0 Å². The molecule has 0 radical (unpaired) electrons. The normalized spacial score (nSPS) is 11.2. The summed E-state index contributed by atoms with van der Waals surface area (Å²) in [5.74, 6) is -0.556. The molecular weight excluding hydrogens is 352 g/mol. The highest BCUT2D eigenvalue weighted by molar-refractivity contribution is 7.94. The Balaban J connectivity index is 2.32. The third-order valence-electron chi connectivity index (χ3n) is 3.70. The largest absolute Gasteiger partial charge is 0.481 e. The molecule has 0 bridgehead atoms. The summed E-state index contributed by atoms with van der Waals surface area (Å²) in [7, 11) is -3.69. The molecule has 0 saturated heterocycles. The fraction of sp³-hybridized carbons (Fsp3) is 0.263. The molecule has 0 aromatic heterocycles. The minimum Gasteiger partial charge on any atom is -0.481 e. The predicted octanol–water partition coefficient (Wildman–Crippen LogP) is 4.15. The molecule has 0 saturated carbocycles. The Bertz CT molecular complexity index is 965. The van der Waals surface area contributed by atoms with Crippen LogP contribution in [0.4, 0.5) is 0 Å². The van der Waals surface area contributed by atoms with Crippen LogP contribution in [-0.4, -0.2) is 26.5 Å². The number of amidine groups is 1. The fourth-order valence-electron chi connectivity index (χ4n) is 2.41. The van der Waals surface area contributed by atoms with Crippen molar-refractivity contribution in [2.75, 3.05) is 6.26 Å². The van der Waals surface area contributed by atoms with Gasteiger partial charge in [0, 0.05) is 11.8 Å². The lowest BCUT2D eigenvalue weighted by Gasteiger charge is -2.17. The Labute approximate surface area is 153 Å².